The third-order valence-corrected chi connectivity index (χ3v) is 4.33. The zero-order chi connectivity index (χ0) is 14.1. The molecule has 1 fully saturated rings. The van der Waals surface area contributed by atoms with Crippen LogP contribution in [0.15, 0.2) is 12.1 Å². The highest BCUT2D eigenvalue weighted by atomic mass is 16.5. The number of carbonyl (C=O) groups is 1. The van der Waals surface area contributed by atoms with Gasteiger partial charge in [0.05, 0.1) is 0 Å². The van der Waals surface area contributed by atoms with Gasteiger partial charge in [-0.05, 0) is 56.0 Å². The second-order valence-corrected chi connectivity index (χ2v) is 5.89. The molecule has 20 heavy (non-hydrogen) atoms. The van der Waals surface area contributed by atoms with Gasteiger partial charge in [-0.2, -0.15) is 0 Å². The lowest BCUT2D eigenvalue weighted by Gasteiger charge is -2.14. The lowest BCUT2D eigenvalue weighted by molar-refractivity contribution is -0.127. The summed E-state index contributed by atoms with van der Waals surface area (Å²) in [5, 5.41) is 6.38. The molecule has 2 heterocycles. The van der Waals surface area contributed by atoms with Crippen LogP contribution in [0.1, 0.15) is 29.5 Å². The summed E-state index contributed by atoms with van der Waals surface area (Å²) in [5.41, 5.74) is 3.61. The van der Waals surface area contributed by atoms with E-state index in [-0.39, 0.29) is 12.0 Å². The quantitative estimate of drug-likeness (QED) is 0.877. The molecule has 2 N–H and O–H groups in total. The third kappa shape index (κ3) is 2.66. The Morgan fingerprint density at radius 1 is 1.40 bits per heavy atom. The Labute approximate surface area is 119 Å². The van der Waals surface area contributed by atoms with Gasteiger partial charge in [-0.3, -0.25) is 4.79 Å². The molecule has 4 nitrogen and oxygen atoms in total. The van der Waals surface area contributed by atoms with Crippen LogP contribution in [-0.2, 0) is 11.2 Å². The van der Waals surface area contributed by atoms with E-state index in [4.69, 9.17) is 4.74 Å². The Hall–Kier alpha value is -1.55. The number of rotatable bonds is 3. The van der Waals surface area contributed by atoms with Crippen LogP contribution in [0.3, 0.4) is 0 Å². The molecule has 0 radical (unpaired) electrons. The normalized spacial score (nSPS) is 24.3. The summed E-state index contributed by atoms with van der Waals surface area (Å²) in [4.78, 5) is 12.2. The SMILES string of the molecule is Cc1cc2c(cc1C)OC(C(=O)NCC1CCCN1)C2. The van der Waals surface area contributed by atoms with Crippen molar-refractivity contribution in [3.05, 3.63) is 28.8 Å². The first-order chi connectivity index (χ1) is 9.63. The highest BCUT2D eigenvalue weighted by Gasteiger charge is 2.29. The van der Waals surface area contributed by atoms with Gasteiger partial charge < -0.3 is 15.4 Å². The molecule has 1 aromatic carbocycles. The van der Waals surface area contributed by atoms with Crippen LogP contribution in [-0.4, -0.2) is 31.1 Å². The zero-order valence-electron chi connectivity index (χ0n) is 12.2. The summed E-state index contributed by atoms with van der Waals surface area (Å²) in [6.07, 6.45) is 2.66. The number of benzene rings is 1. The van der Waals surface area contributed by atoms with Crippen LogP contribution >= 0.6 is 0 Å². The standard InChI is InChI=1S/C16H22N2O2/c1-10-6-12-8-15(20-14(12)7-11(10)2)16(19)18-9-13-4-3-5-17-13/h6-7,13,15,17H,3-5,8-9H2,1-2H3,(H,18,19). The van der Waals surface area contributed by atoms with E-state index < -0.39 is 0 Å². The number of carbonyl (C=O) groups excluding carboxylic acids is 1. The van der Waals surface area contributed by atoms with Crippen molar-refractivity contribution in [2.24, 2.45) is 0 Å². The van der Waals surface area contributed by atoms with Gasteiger partial charge in [-0.15, -0.1) is 0 Å². The van der Waals surface area contributed by atoms with Gasteiger partial charge in [0.1, 0.15) is 5.75 Å². The fraction of sp³-hybridized carbons (Fsp3) is 0.562. The zero-order valence-corrected chi connectivity index (χ0v) is 12.2. The van der Waals surface area contributed by atoms with Crippen LogP contribution in [0, 0.1) is 13.8 Å². The highest BCUT2D eigenvalue weighted by molar-refractivity contribution is 5.82. The molecule has 1 aromatic rings. The molecule has 1 saturated heterocycles. The summed E-state index contributed by atoms with van der Waals surface area (Å²) >= 11 is 0. The van der Waals surface area contributed by atoms with Crippen LogP contribution in [0.2, 0.25) is 0 Å². The van der Waals surface area contributed by atoms with Crippen molar-refractivity contribution in [1.82, 2.24) is 10.6 Å². The molecule has 0 bridgehead atoms. The van der Waals surface area contributed by atoms with E-state index in [1.807, 2.05) is 6.07 Å². The number of hydrogen-bond donors (Lipinski definition) is 2. The van der Waals surface area contributed by atoms with Gasteiger partial charge in [-0.1, -0.05) is 6.07 Å². The topological polar surface area (TPSA) is 50.4 Å². The van der Waals surface area contributed by atoms with Crippen molar-refractivity contribution < 1.29 is 9.53 Å². The van der Waals surface area contributed by atoms with Crippen molar-refractivity contribution in [2.75, 3.05) is 13.1 Å². The lowest BCUT2D eigenvalue weighted by atomic mass is 10.0. The molecule has 2 aliphatic rings. The molecular formula is C16H22N2O2. The molecule has 0 aromatic heterocycles. The fourth-order valence-electron chi connectivity index (χ4n) is 2.93. The van der Waals surface area contributed by atoms with Crippen LogP contribution in [0.5, 0.6) is 5.75 Å². The molecule has 2 aliphatic heterocycles. The number of nitrogens with one attached hydrogen (secondary N) is 2. The maximum Gasteiger partial charge on any atom is 0.261 e. The van der Waals surface area contributed by atoms with Crippen molar-refractivity contribution >= 4 is 5.91 Å². The Balaban J connectivity index is 1.58. The van der Waals surface area contributed by atoms with E-state index in [1.54, 1.807) is 0 Å². The number of aryl methyl sites for hydroxylation is 2. The van der Waals surface area contributed by atoms with Crippen molar-refractivity contribution in [3.8, 4) is 5.75 Å². The largest absolute Gasteiger partial charge is 0.480 e. The lowest BCUT2D eigenvalue weighted by Crippen LogP contribution is -2.43. The summed E-state index contributed by atoms with van der Waals surface area (Å²) in [7, 11) is 0. The van der Waals surface area contributed by atoms with E-state index in [0.717, 1.165) is 24.3 Å². The van der Waals surface area contributed by atoms with E-state index in [2.05, 4.69) is 30.5 Å². The minimum absolute atomic E-state index is 0.00482. The smallest absolute Gasteiger partial charge is 0.261 e. The van der Waals surface area contributed by atoms with E-state index >= 15 is 0 Å². The number of amides is 1. The van der Waals surface area contributed by atoms with Crippen molar-refractivity contribution in [3.63, 3.8) is 0 Å². The number of fused-ring (bicyclic) bond motifs is 1. The second-order valence-electron chi connectivity index (χ2n) is 5.89. The van der Waals surface area contributed by atoms with E-state index in [1.165, 1.54) is 17.5 Å². The van der Waals surface area contributed by atoms with Crippen molar-refractivity contribution in [1.29, 1.82) is 0 Å². The predicted molar refractivity (Wildman–Crippen MR) is 78.1 cm³/mol. The fourth-order valence-corrected chi connectivity index (χ4v) is 2.93. The average molecular weight is 274 g/mol. The Bertz CT molecular complexity index is 490. The molecule has 1 amide bonds. The average Bonchev–Trinajstić information content (AvgIpc) is 3.05. The number of ether oxygens (including phenoxy) is 1. The van der Waals surface area contributed by atoms with E-state index in [0.29, 0.717) is 19.0 Å². The molecule has 4 heteroatoms. The molecule has 0 saturated carbocycles. The van der Waals surface area contributed by atoms with Gasteiger partial charge >= 0.3 is 0 Å². The Morgan fingerprint density at radius 3 is 2.95 bits per heavy atom. The minimum Gasteiger partial charge on any atom is -0.480 e. The Morgan fingerprint density at radius 2 is 2.20 bits per heavy atom. The first-order valence-corrected chi connectivity index (χ1v) is 7.41. The monoisotopic (exact) mass is 274 g/mol. The van der Waals surface area contributed by atoms with Crippen LogP contribution in [0.4, 0.5) is 0 Å². The molecule has 2 unspecified atom stereocenters. The third-order valence-electron chi connectivity index (χ3n) is 4.33. The molecular weight excluding hydrogens is 252 g/mol. The van der Waals surface area contributed by atoms with Crippen LogP contribution in [0.25, 0.3) is 0 Å². The first-order valence-electron chi connectivity index (χ1n) is 7.41. The van der Waals surface area contributed by atoms with Crippen LogP contribution < -0.4 is 15.4 Å². The van der Waals surface area contributed by atoms with Gasteiger partial charge in [0.25, 0.3) is 5.91 Å². The molecule has 0 aliphatic carbocycles. The highest BCUT2D eigenvalue weighted by Crippen LogP contribution is 2.31. The summed E-state index contributed by atoms with van der Waals surface area (Å²) < 4.78 is 5.79. The molecule has 0 spiro atoms. The second kappa shape index (κ2) is 5.44. The minimum atomic E-state index is -0.368. The predicted octanol–water partition coefficient (Wildman–Crippen LogP) is 1.48. The Kier molecular flexibility index (Phi) is 3.66. The van der Waals surface area contributed by atoms with Gasteiger partial charge in [-0.25, -0.2) is 0 Å². The molecule has 108 valence electrons. The first kappa shape index (κ1) is 13.4. The summed E-state index contributed by atoms with van der Waals surface area (Å²) in [5.74, 6) is 0.873. The maximum absolute atomic E-state index is 12.2. The molecule has 3 rings (SSSR count). The van der Waals surface area contributed by atoms with Gasteiger partial charge in [0, 0.05) is 19.0 Å². The molecule has 2 atom stereocenters. The summed E-state index contributed by atoms with van der Waals surface area (Å²) in [6.45, 7) is 5.92. The van der Waals surface area contributed by atoms with Crippen molar-refractivity contribution in [2.45, 2.75) is 45.3 Å². The number of hydrogen-bond acceptors (Lipinski definition) is 3. The van der Waals surface area contributed by atoms with Gasteiger partial charge in [0.2, 0.25) is 0 Å². The summed E-state index contributed by atoms with van der Waals surface area (Å²) in [6, 6.07) is 4.60. The maximum atomic E-state index is 12.2. The van der Waals surface area contributed by atoms with E-state index in [9.17, 15) is 4.79 Å². The van der Waals surface area contributed by atoms with Gasteiger partial charge in [0.15, 0.2) is 6.10 Å².